The van der Waals surface area contributed by atoms with E-state index in [1.165, 1.54) is 0 Å². The number of thioether (sulfide) groups is 1. The van der Waals surface area contributed by atoms with E-state index in [2.05, 4.69) is 23.8 Å². The molecule has 14 heavy (non-hydrogen) atoms. The van der Waals surface area contributed by atoms with Crippen LogP contribution in [0.5, 0.6) is 0 Å². The minimum atomic E-state index is 0.646. The molecule has 0 aliphatic carbocycles. The second kappa shape index (κ2) is 9.55. The summed E-state index contributed by atoms with van der Waals surface area (Å²) in [5.74, 6) is 1.81. The van der Waals surface area contributed by atoms with E-state index < -0.39 is 0 Å². The van der Waals surface area contributed by atoms with Crippen molar-refractivity contribution >= 4 is 29.1 Å². The summed E-state index contributed by atoms with van der Waals surface area (Å²) < 4.78 is 4.90. The zero-order chi connectivity index (χ0) is 10.8. The predicted octanol–water partition coefficient (Wildman–Crippen LogP) is 1.10. The maximum absolute atomic E-state index is 5.09. The molecule has 0 rings (SSSR count). The van der Waals surface area contributed by atoms with Gasteiger partial charge in [0.15, 0.2) is 5.11 Å². The van der Waals surface area contributed by atoms with Crippen molar-refractivity contribution in [2.45, 2.75) is 6.92 Å². The SMILES string of the molecule is COCCNC(=S)NCC(C)CSC. The molecule has 0 aliphatic rings. The van der Waals surface area contributed by atoms with Crippen molar-refractivity contribution in [3.8, 4) is 0 Å². The first kappa shape index (κ1) is 14.0. The molecule has 0 aromatic carbocycles. The lowest BCUT2D eigenvalue weighted by atomic mass is 10.2. The highest BCUT2D eigenvalue weighted by Crippen LogP contribution is 2.02. The van der Waals surface area contributed by atoms with Crippen LogP contribution in [0.25, 0.3) is 0 Å². The van der Waals surface area contributed by atoms with Crippen molar-refractivity contribution in [2.24, 2.45) is 5.92 Å². The lowest BCUT2D eigenvalue weighted by molar-refractivity contribution is 0.204. The van der Waals surface area contributed by atoms with Crippen LogP contribution in [-0.2, 0) is 4.74 Å². The standard InChI is InChI=1S/C9H20N2OS2/c1-8(7-14-3)6-11-9(13)10-4-5-12-2/h8H,4-7H2,1-3H3,(H2,10,11,13). The molecule has 3 nitrogen and oxygen atoms in total. The number of rotatable bonds is 7. The Balaban J connectivity index is 3.34. The summed E-state index contributed by atoms with van der Waals surface area (Å²) in [7, 11) is 1.68. The molecule has 1 unspecified atom stereocenters. The third-order valence-electron chi connectivity index (χ3n) is 1.65. The second-order valence-electron chi connectivity index (χ2n) is 3.19. The molecule has 84 valence electrons. The molecule has 0 aromatic rings. The van der Waals surface area contributed by atoms with Crippen molar-refractivity contribution < 1.29 is 4.74 Å². The second-order valence-corrected chi connectivity index (χ2v) is 4.51. The summed E-state index contributed by atoms with van der Waals surface area (Å²) in [5.41, 5.74) is 0. The van der Waals surface area contributed by atoms with Gasteiger partial charge in [0.2, 0.25) is 0 Å². The van der Waals surface area contributed by atoms with Gasteiger partial charge in [0.1, 0.15) is 0 Å². The fraction of sp³-hybridized carbons (Fsp3) is 0.889. The van der Waals surface area contributed by atoms with E-state index in [1.807, 2.05) is 11.8 Å². The van der Waals surface area contributed by atoms with E-state index in [1.54, 1.807) is 7.11 Å². The minimum Gasteiger partial charge on any atom is -0.383 e. The molecule has 2 N–H and O–H groups in total. The molecule has 0 bridgehead atoms. The maximum atomic E-state index is 5.09. The molecule has 0 spiro atoms. The van der Waals surface area contributed by atoms with Gasteiger partial charge in [0, 0.05) is 20.2 Å². The lowest BCUT2D eigenvalue weighted by Gasteiger charge is -2.13. The van der Waals surface area contributed by atoms with E-state index in [-0.39, 0.29) is 0 Å². The quantitative estimate of drug-likeness (QED) is 0.511. The van der Waals surface area contributed by atoms with Crippen LogP contribution in [0.2, 0.25) is 0 Å². The zero-order valence-electron chi connectivity index (χ0n) is 9.13. The normalized spacial score (nSPS) is 12.2. The van der Waals surface area contributed by atoms with Crippen molar-refractivity contribution in [3.63, 3.8) is 0 Å². The van der Waals surface area contributed by atoms with Crippen LogP contribution in [0.1, 0.15) is 6.92 Å². The number of ether oxygens (including phenoxy) is 1. The molecule has 0 saturated carbocycles. The molecule has 0 amide bonds. The number of nitrogens with one attached hydrogen (secondary N) is 2. The molecule has 0 aliphatic heterocycles. The van der Waals surface area contributed by atoms with Crippen molar-refractivity contribution in [2.75, 3.05) is 38.8 Å². The highest BCUT2D eigenvalue weighted by molar-refractivity contribution is 7.98. The largest absolute Gasteiger partial charge is 0.383 e. The van der Waals surface area contributed by atoms with Gasteiger partial charge in [0.25, 0.3) is 0 Å². The van der Waals surface area contributed by atoms with Crippen LogP contribution >= 0.6 is 24.0 Å². The van der Waals surface area contributed by atoms with E-state index in [0.717, 1.165) is 24.0 Å². The first-order valence-corrected chi connectivity index (χ1v) is 6.50. The van der Waals surface area contributed by atoms with E-state index in [4.69, 9.17) is 17.0 Å². The summed E-state index contributed by atoms with van der Waals surface area (Å²) in [6.07, 6.45) is 2.12. The molecule has 0 aromatic heterocycles. The van der Waals surface area contributed by atoms with Crippen LogP contribution in [0.15, 0.2) is 0 Å². The first-order valence-electron chi connectivity index (χ1n) is 4.70. The highest BCUT2D eigenvalue weighted by atomic mass is 32.2. The molecule has 1 atom stereocenters. The summed E-state index contributed by atoms with van der Waals surface area (Å²) in [6, 6.07) is 0. The average molecular weight is 236 g/mol. The Kier molecular flexibility index (Phi) is 9.55. The van der Waals surface area contributed by atoms with Gasteiger partial charge in [-0.15, -0.1) is 0 Å². The number of hydrogen-bond donors (Lipinski definition) is 2. The molecular formula is C9H20N2OS2. The Morgan fingerprint density at radius 3 is 2.79 bits per heavy atom. The maximum Gasteiger partial charge on any atom is 0.166 e. The van der Waals surface area contributed by atoms with Crippen molar-refractivity contribution in [1.82, 2.24) is 10.6 Å². The molecule has 0 saturated heterocycles. The van der Waals surface area contributed by atoms with Crippen LogP contribution in [0, 0.1) is 5.92 Å². The molecular weight excluding hydrogens is 216 g/mol. The van der Waals surface area contributed by atoms with Crippen molar-refractivity contribution in [1.29, 1.82) is 0 Å². The number of hydrogen-bond acceptors (Lipinski definition) is 3. The summed E-state index contributed by atoms with van der Waals surface area (Å²) in [6.45, 7) is 4.59. The highest BCUT2D eigenvalue weighted by Gasteiger charge is 2.01. The van der Waals surface area contributed by atoms with Gasteiger partial charge < -0.3 is 15.4 Å². The first-order chi connectivity index (χ1) is 6.70. The topological polar surface area (TPSA) is 33.3 Å². The fourth-order valence-electron chi connectivity index (χ4n) is 0.939. The van der Waals surface area contributed by atoms with Crippen LogP contribution in [-0.4, -0.2) is 43.9 Å². The van der Waals surface area contributed by atoms with Crippen molar-refractivity contribution in [3.05, 3.63) is 0 Å². The monoisotopic (exact) mass is 236 g/mol. The minimum absolute atomic E-state index is 0.646. The Labute approximate surface area is 96.4 Å². The number of methoxy groups -OCH3 is 1. The Hall–Kier alpha value is 0. The third kappa shape index (κ3) is 8.59. The third-order valence-corrected chi connectivity index (χ3v) is 2.85. The summed E-state index contributed by atoms with van der Waals surface area (Å²) >= 11 is 6.94. The van der Waals surface area contributed by atoms with Gasteiger partial charge in [-0.3, -0.25) is 0 Å². The number of thiocarbonyl (C=S) groups is 1. The Morgan fingerprint density at radius 2 is 2.21 bits per heavy atom. The van der Waals surface area contributed by atoms with Crippen LogP contribution in [0.4, 0.5) is 0 Å². The van der Waals surface area contributed by atoms with Gasteiger partial charge in [-0.1, -0.05) is 6.92 Å². The predicted molar refractivity (Wildman–Crippen MR) is 68.0 cm³/mol. The average Bonchev–Trinajstić information content (AvgIpc) is 2.16. The van der Waals surface area contributed by atoms with E-state index in [0.29, 0.717) is 12.5 Å². The molecule has 5 heteroatoms. The van der Waals surface area contributed by atoms with Gasteiger partial charge in [-0.05, 0) is 30.1 Å². The van der Waals surface area contributed by atoms with E-state index in [9.17, 15) is 0 Å². The fourth-order valence-corrected chi connectivity index (χ4v) is 1.81. The molecule has 0 heterocycles. The van der Waals surface area contributed by atoms with Gasteiger partial charge in [-0.2, -0.15) is 11.8 Å². The lowest BCUT2D eigenvalue weighted by Crippen LogP contribution is -2.39. The Bertz CT molecular complexity index is 156. The summed E-state index contributed by atoms with van der Waals surface area (Å²) in [5, 5.41) is 6.96. The van der Waals surface area contributed by atoms with Gasteiger partial charge in [0.05, 0.1) is 6.61 Å². The summed E-state index contributed by atoms with van der Waals surface area (Å²) in [4.78, 5) is 0. The van der Waals surface area contributed by atoms with Gasteiger partial charge in [-0.25, -0.2) is 0 Å². The molecule has 0 fully saturated rings. The van der Waals surface area contributed by atoms with E-state index >= 15 is 0 Å². The zero-order valence-corrected chi connectivity index (χ0v) is 10.8. The van der Waals surface area contributed by atoms with Gasteiger partial charge >= 0.3 is 0 Å². The Morgan fingerprint density at radius 1 is 1.50 bits per heavy atom. The van der Waals surface area contributed by atoms with Crippen LogP contribution in [0.3, 0.4) is 0 Å². The van der Waals surface area contributed by atoms with Crippen LogP contribution < -0.4 is 10.6 Å². The smallest absolute Gasteiger partial charge is 0.166 e. The molecule has 0 radical (unpaired) electrons.